The average molecular weight is 470 g/mol. The molecule has 0 spiro atoms. The van der Waals surface area contributed by atoms with E-state index in [2.05, 4.69) is 31.4 Å². The van der Waals surface area contributed by atoms with Crippen molar-refractivity contribution in [2.24, 2.45) is 0 Å². The summed E-state index contributed by atoms with van der Waals surface area (Å²) in [5, 5.41) is 22.1. The second-order valence-corrected chi connectivity index (χ2v) is 8.75. The van der Waals surface area contributed by atoms with Gasteiger partial charge >= 0.3 is 0 Å². The number of hydrogen-bond donors (Lipinski definition) is 2. The van der Waals surface area contributed by atoms with E-state index in [1.165, 1.54) is 35.2 Å². The summed E-state index contributed by atoms with van der Waals surface area (Å²) >= 11 is 6.22. The molecule has 0 fully saturated rings. The summed E-state index contributed by atoms with van der Waals surface area (Å²) in [6.45, 7) is 0.751. The summed E-state index contributed by atoms with van der Waals surface area (Å²) in [4.78, 5) is 0. The van der Waals surface area contributed by atoms with Gasteiger partial charge in [-0.25, -0.2) is 4.39 Å². The Labute approximate surface area is 173 Å². The van der Waals surface area contributed by atoms with Crippen LogP contribution in [-0.2, 0) is 6.54 Å². The van der Waals surface area contributed by atoms with E-state index in [0.717, 1.165) is 14.4 Å². The molecule has 9 heteroatoms. The van der Waals surface area contributed by atoms with Crippen LogP contribution in [0.25, 0.3) is 0 Å². The van der Waals surface area contributed by atoms with E-state index in [4.69, 9.17) is 4.74 Å². The number of thioether (sulfide) groups is 1. The number of aromatic nitrogens is 2. The molecule has 3 aromatic rings. The first kappa shape index (κ1) is 20.1. The predicted octanol–water partition coefficient (Wildman–Crippen LogP) is 4.58. The van der Waals surface area contributed by atoms with Gasteiger partial charge in [0.15, 0.2) is 4.34 Å². The summed E-state index contributed by atoms with van der Waals surface area (Å²) < 4.78 is 20.2. The van der Waals surface area contributed by atoms with Gasteiger partial charge in [0.2, 0.25) is 5.13 Å². The number of halogens is 2. The number of anilines is 1. The lowest BCUT2D eigenvalue weighted by Crippen LogP contribution is -2.20. The molecule has 3 rings (SSSR count). The summed E-state index contributed by atoms with van der Waals surface area (Å²) in [5.74, 6) is 0.910. The molecule has 2 aromatic carbocycles. The minimum absolute atomic E-state index is 0.206. The van der Waals surface area contributed by atoms with Gasteiger partial charge in [-0.1, -0.05) is 57.2 Å². The van der Waals surface area contributed by atoms with Crippen molar-refractivity contribution in [2.45, 2.75) is 17.0 Å². The van der Waals surface area contributed by atoms with Crippen LogP contribution in [0.1, 0.15) is 5.56 Å². The third-order valence-corrected chi connectivity index (χ3v) is 6.05. The molecule has 0 saturated carbocycles. The fraction of sp³-hybridized carbons (Fsp3) is 0.222. The van der Waals surface area contributed by atoms with Gasteiger partial charge in [0.1, 0.15) is 18.2 Å². The molecule has 0 radical (unpaired) electrons. The second-order valence-electron chi connectivity index (χ2n) is 5.59. The van der Waals surface area contributed by atoms with E-state index >= 15 is 0 Å². The van der Waals surface area contributed by atoms with E-state index in [1.54, 1.807) is 12.1 Å². The lowest BCUT2D eigenvalue weighted by molar-refractivity contribution is 0.126. The molecule has 1 unspecified atom stereocenters. The van der Waals surface area contributed by atoms with Crippen molar-refractivity contribution in [3.63, 3.8) is 0 Å². The van der Waals surface area contributed by atoms with Crippen molar-refractivity contribution in [3.8, 4) is 5.75 Å². The molecule has 1 aromatic heterocycles. The number of ether oxygens (including phenoxy) is 1. The minimum Gasteiger partial charge on any atom is -0.491 e. The zero-order chi connectivity index (χ0) is 19.1. The molecule has 2 N–H and O–H groups in total. The van der Waals surface area contributed by atoms with E-state index in [1.807, 2.05) is 24.3 Å². The topological polar surface area (TPSA) is 67.3 Å². The highest BCUT2D eigenvalue weighted by Crippen LogP contribution is 2.26. The van der Waals surface area contributed by atoms with Gasteiger partial charge in [0.25, 0.3) is 0 Å². The van der Waals surface area contributed by atoms with Gasteiger partial charge in [-0.05, 0) is 35.9 Å². The molecule has 1 atom stereocenters. The number of benzene rings is 2. The number of nitrogens with zero attached hydrogens (tertiary/aromatic N) is 2. The average Bonchev–Trinajstić information content (AvgIpc) is 3.12. The van der Waals surface area contributed by atoms with Crippen LogP contribution in [0, 0.1) is 5.82 Å². The highest BCUT2D eigenvalue weighted by molar-refractivity contribution is 9.10. The third kappa shape index (κ3) is 6.76. The highest BCUT2D eigenvalue weighted by atomic mass is 79.9. The molecule has 0 aliphatic heterocycles. The molecule has 142 valence electrons. The van der Waals surface area contributed by atoms with E-state index in [-0.39, 0.29) is 12.4 Å². The molecule has 5 nitrogen and oxygen atoms in total. The minimum atomic E-state index is -0.617. The smallest absolute Gasteiger partial charge is 0.206 e. The monoisotopic (exact) mass is 469 g/mol. The predicted molar refractivity (Wildman–Crippen MR) is 110 cm³/mol. The van der Waals surface area contributed by atoms with Crippen LogP contribution in [0.4, 0.5) is 9.52 Å². The number of rotatable bonds is 9. The molecule has 27 heavy (non-hydrogen) atoms. The van der Waals surface area contributed by atoms with Crippen molar-refractivity contribution in [1.29, 1.82) is 0 Å². The summed E-state index contributed by atoms with van der Waals surface area (Å²) in [5.41, 5.74) is 0.959. The number of nitrogens with one attached hydrogen (secondary N) is 1. The summed E-state index contributed by atoms with van der Waals surface area (Å²) in [6, 6.07) is 13.8. The Hall–Kier alpha value is -1.68. The third-order valence-electron chi connectivity index (χ3n) is 3.40. The quantitative estimate of drug-likeness (QED) is 0.447. The van der Waals surface area contributed by atoms with Gasteiger partial charge in [0, 0.05) is 16.8 Å². The maximum absolute atomic E-state index is 12.9. The number of aliphatic hydroxyl groups excluding tert-OH is 1. The standard InChI is InChI=1S/C18H17BrFN3O2S2/c19-13-2-1-3-16(8-13)25-10-15(24)11-26-18-23-22-17(27-18)21-9-12-4-6-14(20)7-5-12/h1-8,15,24H,9-11H2,(H,21,22). The Morgan fingerprint density at radius 3 is 2.81 bits per heavy atom. The first-order valence-corrected chi connectivity index (χ1v) is 10.7. The fourth-order valence-electron chi connectivity index (χ4n) is 2.08. The Morgan fingerprint density at radius 1 is 1.22 bits per heavy atom. The fourth-order valence-corrected chi connectivity index (χ4v) is 4.14. The molecule has 0 amide bonds. The molecule has 0 saturated heterocycles. The van der Waals surface area contributed by atoms with Crippen molar-refractivity contribution in [3.05, 3.63) is 64.4 Å². The summed E-state index contributed by atoms with van der Waals surface area (Å²) in [7, 11) is 0. The Balaban J connectivity index is 1.40. The number of aliphatic hydroxyl groups is 1. The molecular formula is C18H17BrFN3O2S2. The van der Waals surface area contributed by atoms with Crippen LogP contribution in [0.3, 0.4) is 0 Å². The number of hydrogen-bond acceptors (Lipinski definition) is 7. The maximum atomic E-state index is 12.9. The molecule has 1 heterocycles. The normalized spacial score (nSPS) is 12.0. The van der Waals surface area contributed by atoms with Crippen molar-refractivity contribution in [2.75, 3.05) is 17.7 Å². The van der Waals surface area contributed by atoms with E-state index < -0.39 is 6.10 Å². The first-order chi connectivity index (χ1) is 13.1. The van der Waals surface area contributed by atoms with Gasteiger partial charge in [0.05, 0.1) is 6.10 Å². The molecule has 0 bridgehead atoms. The van der Waals surface area contributed by atoms with Gasteiger partial charge in [-0.3, -0.25) is 0 Å². The lowest BCUT2D eigenvalue weighted by Gasteiger charge is -2.11. The van der Waals surface area contributed by atoms with Gasteiger partial charge in [-0.15, -0.1) is 10.2 Å². The second kappa shape index (κ2) is 10.0. The van der Waals surface area contributed by atoms with E-state index in [9.17, 15) is 9.50 Å². The summed E-state index contributed by atoms with van der Waals surface area (Å²) in [6.07, 6.45) is -0.617. The van der Waals surface area contributed by atoms with Crippen molar-refractivity contribution < 1.29 is 14.2 Å². The van der Waals surface area contributed by atoms with Crippen LogP contribution in [0.5, 0.6) is 5.75 Å². The van der Waals surface area contributed by atoms with E-state index in [0.29, 0.717) is 23.2 Å². The molecule has 0 aliphatic rings. The largest absolute Gasteiger partial charge is 0.491 e. The highest BCUT2D eigenvalue weighted by Gasteiger charge is 2.10. The zero-order valence-corrected chi connectivity index (χ0v) is 17.4. The van der Waals surface area contributed by atoms with Crippen LogP contribution in [0.15, 0.2) is 57.3 Å². The van der Waals surface area contributed by atoms with Crippen LogP contribution in [0.2, 0.25) is 0 Å². The van der Waals surface area contributed by atoms with Gasteiger partial charge in [-0.2, -0.15) is 0 Å². The molecule has 0 aliphatic carbocycles. The van der Waals surface area contributed by atoms with Crippen molar-refractivity contribution >= 4 is 44.2 Å². The van der Waals surface area contributed by atoms with Crippen molar-refractivity contribution in [1.82, 2.24) is 10.2 Å². The Kier molecular flexibility index (Phi) is 7.45. The zero-order valence-electron chi connectivity index (χ0n) is 14.1. The van der Waals surface area contributed by atoms with Crippen LogP contribution >= 0.6 is 39.0 Å². The maximum Gasteiger partial charge on any atom is 0.206 e. The van der Waals surface area contributed by atoms with Crippen LogP contribution in [-0.4, -0.2) is 33.8 Å². The van der Waals surface area contributed by atoms with Crippen LogP contribution < -0.4 is 10.1 Å². The Bertz CT molecular complexity index is 864. The Morgan fingerprint density at radius 2 is 2.04 bits per heavy atom. The SMILES string of the molecule is OC(COc1cccc(Br)c1)CSc1nnc(NCc2ccc(F)cc2)s1. The molecular weight excluding hydrogens is 453 g/mol. The first-order valence-electron chi connectivity index (χ1n) is 8.09. The lowest BCUT2D eigenvalue weighted by atomic mass is 10.2. The van der Waals surface area contributed by atoms with Gasteiger partial charge < -0.3 is 15.2 Å².